The van der Waals surface area contributed by atoms with Crippen LogP contribution in [0.3, 0.4) is 0 Å². The van der Waals surface area contributed by atoms with E-state index in [0.29, 0.717) is 6.42 Å². The van der Waals surface area contributed by atoms with E-state index in [2.05, 4.69) is 0 Å². The minimum atomic E-state index is -0.810. The van der Waals surface area contributed by atoms with E-state index in [1.807, 2.05) is 20.8 Å². The highest BCUT2D eigenvalue weighted by Crippen LogP contribution is 2.24. The maximum absolute atomic E-state index is 9.51. The number of ether oxygens (including phenoxy) is 2. The van der Waals surface area contributed by atoms with Crippen LogP contribution < -0.4 is 0 Å². The standard InChI is InChI=1S/C10H20O4/c1-6-9(12)7(11)5-8(13-6)14-10(2,3)4/h6-9,11-12H,5H2,1-4H3/t6-,7+,8+,9-/m1/s1. The van der Waals surface area contributed by atoms with Gasteiger partial charge in [-0.05, 0) is 27.7 Å². The molecule has 4 heteroatoms. The third-order valence-corrected chi connectivity index (χ3v) is 2.16. The molecule has 0 aromatic carbocycles. The van der Waals surface area contributed by atoms with Gasteiger partial charge in [0.1, 0.15) is 6.10 Å². The molecule has 2 N–H and O–H groups in total. The highest BCUT2D eigenvalue weighted by Gasteiger charge is 2.36. The number of hydrogen-bond donors (Lipinski definition) is 2. The van der Waals surface area contributed by atoms with Gasteiger partial charge in [-0.2, -0.15) is 0 Å². The molecule has 4 nitrogen and oxygen atoms in total. The molecule has 0 radical (unpaired) electrons. The van der Waals surface area contributed by atoms with Crippen molar-refractivity contribution >= 4 is 0 Å². The number of hydrogen-bond acceptors (Lipinski definition) is 4. The first-order valence-corrected chi connectivity index (χ1v) is 4.99. The van der Waals surface area contributed by atoms with E-state index in [4.69, 9.17) is 9.47 Å². The van der Waals surface area contributed by atoms with Gasteiger partial charge in [0.25, 0.3) is 0 Å². The molecule has 14 heavy (non-hydrogen) atoms. The molecule has 0 saturated carbocycles. The normalized spacial score (nSPS) is 39.9. The second-order valence-electron chi connectivity index (χ2n) is 4.79. The fourth-order valence-corrected chi connectivity index (χ4v) is 1.50. The molecule has 1 saturated heterocycles. The Hall–Kier alpha value is -0.160. The van der Waals surface area contributed by atoms with Crippen LogP contribution in [0.15, 0.2) is 0 Å². The average Bonchev–Trinajstić information content (AvgIpc) is 1.96. The van der Waals surface area contributed by atoms with Crippen LogP contribution in [-0.4, -0.2) is 40.4 Å². The maximum Gasteiger partial charge on any atom is 0.161 e. The van der Waals surface area contributed by atoms with Crippen LogP contribution in [-0.2, 0) is 9.47 Å². The van der Waals surface area contributed by atoms with Gasteiger partial charge < -0.3 is 19.7 Å². The van der Waals surface area contributed by atoms with Crippen molar-refractivity contribution in [3.8, 4) is 0 Å². The van der Waals surface area contributed by atoms with Gasteiger partial charge in [-0.3, -0.25) is 0 Å². The Bertz CT molecular complexity index is 175. The molecule has 1 fully saturated rings. The fraction of sp³-hybridized carbons (Fsp3) is 1.00. The molecule has 0 aromatic heterocycles. The zero-order chi connectivity index (χ0) is 10.9. The SMILES string of the molecule is C[C@H]1O[C@@H](OC(C)(C)C)C[C@H](O)[C@@H]1O. The molecule has 0 spiro atoms. The lowest BCUT2D eigenvalue weighted by molar-refractivity contribution is -0.272. The zero-order valence-electron chi connectivity index (χ0n) is 9.23. The summed E-state index contributed by atoms with van der Waals surface area (Å²) in [6.45, 7) is 7.52. The molecule has 84 valence electrons. The lowest BCUT2D eigenvalue weighted by atomic mass is 10.0. The van der Waals surface area contributed by atoms with Crippen molar-refractivity contribution in [2.75, 3.05) is 0 Å². The van der Waals surface area contributed by atoms with Crippen molar-refractivity contribution in [2.45, 2.75) is 64.3 Å². The van der Waals surface area contributed by atoms with Gasteiger partial charge in [-0.15, -0.1) is 0 Å². The van der Waals surface area contributed by atoms with E-state index < -0.39 is 18.5 Å². The highest BCUT2D eigenvalue weighted by atomic mass is 16.7. The van der Waals surface area contributed by atoms with Gasteiger partial charge in [0, 0.05) is 6.42 Å². The van der Waals surface area contributed by atoms with Gasteiger partial charge in [0.15, 0.2) is 6.29 Å². The summed E-state index contributed by atoms with van der Waals surface area (Å²) < 4.78 is 11.0. The lowest BCUT2D eigenvalue weighted by Crippen LogP contribution is -2.49. The molecular formula is C10H20O4. The van der Waals surface area contributed by atoms with Crippen molar-refractivity contribution in [1.82, 2.24) is 0 Å². The summed E-state index contributed by atoms with van der Waals surface area (Å²) in [7, 11) is 0. The van der Waals surface area contributed by atoms with Gasteiger partial charge in [0.05, 0.1) is 17.8 Å². The largest absolute Gasteiger partial charge is 0.390 e. The first kappa shape index (κ1) is 11.9. The first-order chi connectivity index (χ1) is 6.29. The molecule has 1 heterocycles. The molecule has 1 aliphatic heterocycles. The summed E-state index contributed by atoms with van der Waals surface area (Å²) in [6, 6.07) is 0. The average molecular weight is 204 g/mol. The fourth-order valence-electron chi connectivity index (χ4n) is 1.50. The molecule has 1 rings (SSSR count). The third kappa shape index (κ3) is 3.20. The molecule has 1 aliphatic rings. The molecule has 0 aliphatic carbocycles. The summed E-state index contributed by atoms with van der Waals surface area (Å²) in [4.78, 5) is 0. The second-order valence-corrected chi connectivity index (χ2v) is 4.79. The van der Waals surface area contributed by atoms with Crippen LogP contribution in [0, 0.1) is 0 Å². The van der Waals surface area contributed by atoms with E-state index in [-0.39, 0.29) is 11.7 Å². The third-order valence-electron chi connectivity index (χ3n) is 2.16. The zero-order valence-corrected chi connectivity index (χ0v) is 9.23. The maximum atomic E-state index is 9.51. The minimum Gasteiger partial charge on any atom is -0.390 e. The van der Waals surface area contributed by atoms with Crippen LogP contribution in [0.25, 0.3) is 0 Å². The van der Waals surface area contributed by atoms with Crippen LogP contribution >= 0.6 is 0 Å². The van der Waals surface area contributed by atoms with Crippen LogP contribution in [0.1, 0.15) is 34.1 Å². The second kappa shape index (κ2) is 4.14. The van der Waals surface area contributed by atoms with E-state index in [1.165, 1.54) is 0 Å². The summed E-state index contributed by atoms with van der Waals surface area (Å²) in [5, 5.41) is 18.9. The van der Waals surface area contributed by atoms with Crippen molar-refractivity contribution in [2.24, 2.45) is 0 Å². The monoisotopic (exact) mass is 204 g/mol. The minimum absolute atomic E-state index is 0.299. The number of rotatable bonds is 1. The Morgan fingerprint density at radius 3 is 2.29 bits per heavy atom. The summed E-state index contributed by atoms with van der Waals surface area (Å²) in [5.74, 6) is 0. The Kier molecular flexibility index (Phi) is 3.53. The summed E-state index contributed by atoms with van der Waals surface area (Å²) >= 11 is 0. The van der Waals surface area contributed by atoms with Gasteiger partial charge >= 0.3 is 0 Å². The van der Waals surface area contributed by atoms with Crippen molar-refractivity contribution in [3.63, 3.8) is 0 Å². The van der Waals surface area contributed by atoms with E-state index in [1.54, 1.807) is 6.92 Å². The Morgan fingerprint density at radius 2 is 1.86 bits per heavy atom. The Morgan fingerprint density at radius 1 is 1.29 bits per heavy atom. The van der Waals surface area contributed by atoms with Crippen LogP contribution in [0.2, 0.25) is 0 Å². The van der Waals surface area contributed by atoms with Crippen molar-refractivity contribution in [1.29, 1.82) is 0 Å². The first-order valence-electron chi connectivity index (χ1n) is 4.99. The molecule has 0 unspecified atom stereocenters. The smallest absolute Gasteiger partial charge is 0.161 e. The Labute approximate surface area is 84.8 Å². The van der Waals surface area contributed by atoms with Gasteiger partial charge in [0.2, 0.25) is 0 Å². The van der Waals surface area contributed by atoms with Gasteiger partial charge in [-0.1, -0.05) is 0 Å². The summed E-state index contributed by atoms with van der Waals surface area (Å²) in [6.07, 6.45) is -2.06. The van der Waals surface area contributed by atoms with Gasteiger partial charge in [-0.25, -0.2) is 0 Å². The Balaban J connectivity index is 2.50. The quantitative estimate of drug-likeness (QED) is 0.658. The van der Waals surface area contributed by atoms with Crippen LogP contribution in [0.5, 0.6) is 0 Å². The number of aliphatic hydroxyl groups is 2. The summed E-state index contributed by atoms with van der Waals surface area (Å²) in [5.41, 5.74) is -0.299. The number of aliphatic hydroxyl groups excluding tert-OH is 2. The van der Waals surface area contributed by atoms with E-state index in [0.717, 1.165) is 0 Å². The highest BCUT2D eigenvalue weighted by molar-refractivity contribution is 4.80. The predicted molar refractivity (Wildman–Crippen MR) is 51.8 cm³/mol. The predicted octanol–water partition coefficient (Wildman–Crippen LogP) is 0.658. The van der Waals surface area contributed by atoms with Crippen molar-refractivity contribution in [3.05, 3.63) is 0 Å². The van der Waals surface area contributed by atoms with E-state index in [9.17, 15) is 10.2 Å². The molecule has 0 bridgehead atoms. The topological polar surface area (TPSA) is 58.9 Å². The molecule has 0 aromatic rings. The van der Waals surface area contributed by atoms with Crippen molar-refractivity contribution < 1.29 is 19.7 Å². The van der Waals surface area contributed by atoms with Crippen LogP contribution in [0.4, 0.5) is 0 Å². The molecule has 4 atom stereocenters. The lowest BCUT2D eigenvalue weighted by Gasteiger charge is -2.38. The molecular weight excluding hydrogens is 184 g/mol. The molecule has 0 amide bonds. The van der Waals surface area contributed by atoms with E-state index >= 15 is 0 Å².